The lowest BCUT2D eigenvalue weighted by Crippen LogP contribution is -2.01. The summed E-state index contributed by atoms with van der Waals surface area (Å²) < 4.78 is 19.3. The van der Waals surface area contributed by atoms with Gasteiger partial charge >= 0.3 is 0 Å². The van der Waals surface area contributed by atoms with E-state index in [0.717, 1.165) is 4.47 Å². The number of ether oxygens (including phenoxy) is 1. The fourth-order valence-electron chi connectivity index (χ4n) is 1.83. The molecule has 0 saturated heterocycles. The van der Waals surface area contributed by atoms with Gasteiger partial charge in [-0.05, 0) is 58.2 Å². The van der Waals surface area contributed by atoms with Crippen LogP contribution in [-0.2, 0) is 0 Å². The molecule has 2 aromatic rings. The van der Waals surface area contributed by atoms with Gasteiger partial charge in [-0.2, -0.15) is 0 Å². The lowest BCUT2D eigenvalue weighted by atomic mass is 10.0. The third kappa shape index (κ3) is 3.32. The van der Waals surface area contributed by atoms with E-state index in [0.29, 0.717) is 23.5 Å². The molecule has 2 rings (SSSR count). The number of aliphatic hydroxyl groups is 1. The standard InChI is InChI=1S/C15H13BrClFO2/c1-2-20-14-6-4-9(7-11(14)16)15(19)10-3-5-13(18)12(17)8-10/h3-8,15,19H,2H2,1H3. The number of benzene rings is 2. The topological polar surface area (TPSA) is 29.5 Å². The van der Waals surface area contributed by atoms with Crippen molar-refractivity contribution < 1.29 is 14.2 Å². The Morgan fingerprint density at radius 1 is 1.25 bits per heavy atom. The Labute approximate surface area is 130 Å². The Morgan fingerprint density at radius 3 is 2.50 bits per heavy atom. The summed E-state index contributed by atoms with van der Waals surface area (Å²) in [7, 11) is 0. The van der Waals surface area contributed by atoms with Gasteiger partial charge in [-0.3, -0.25) is 0 Å². The van der Waals surface area contributed by atoms with Crippen LogP contribution in [0.2, 0.25) is 5.02 Å². The van der Waals surface area contributed by atoms with E-state index in [2.05, 4.69) is 15.9 Å². The van der Waals surface area contributed by atoms with Crippen molar-refractivity contribution in [3.8, 4) is 5.75 Å². The summed E-state index contributed by atoms with van der Waals surface area (Å²) in [5.41, 5.74) is 1.20. The first-order chi connectivity index (χ1) is 9.52. The van der Waals surface area contributed by atoms with Gasteiger partial charge in [0.25, 0.3) is 0 Å². The molecule has 0 aliphatic heterocycles. The highest BCUT2D eigenvalue weighted by Crippen LogP contribution is 2.31. The third-order valence-corrected chi connectivity index (χ3v) is 3.74. The van der Waals surface area contributed by atoms with Crippen LogP contribution < -0.4 is 4.74 Å². The van der Waals surface area contributed by atoms with E-state index in [-0.39, 0.29) is 5.02 Å². The van der Waals surface area contributed by atoms with Gasteiger partial charge in [-0.15, -0.1) is 0 Å². The number of rotatable bonds is 4. The molecule has 2 aromatic carbocycles. The zero-order valence-corrected chi connectivity index (χ0v) is 13.1. The molecule has 0 bridgehead atoms. The quantitative estimate of drug-likeness (QED) is 0.856. The Balaban J connectivity index is 2.30. The third-order valence-electron chi connectivity index (χ3n) is 2.83. The molecule has 106 valence electrons. The van der Waals surface area contributed by atoms with Gasteiger partial charge in [-0.25, -0.2) is 4.39 Å². The SMILES string of the molecule is CCOc1ccc(C(O)c2ccc(F)c(Cl)c2)cc1Br. The van der Waals surface area contributed by atoms with E-state index in [1.165, 1.54) is 18.2 Å². The molecule has 1 N–H and O–H groups in total. The second-order valence-corrected chi connectivity index (χ2v) is 5.46. The average Bonchev–Trinajstić information content (AvgIpc) is 2.43. The molecule has 2 nitrogen and oxygen atoms in total. The van der Waals surface area contributed by atoms with Gasteiger partial charge in [0.1, 0.15) is 17.7 Å². The van der Waals surface area contributed by atoms with Crippen LogP contribution in [0.1, 0.15) is 24.2 Å². The van der Waals surface area contributed by atoms with Crippen molar-refractivity contribution in [2.24, 2.45) is 0 Å². The van der Waals surface area contributed by atoms with Crippen LogP contribution in [0.4, 0.5) is 4.39 Å². The maximum atomic E-state index is 13.1. The molecule has 0 saturated carbocycles. The molecule has 0 radical (unpaired) electrons. The molecule has 0 aliphatic rings. The van der Waals surface area contributed by atoms with Crippen molar-refractivity contribution >= 4 is 27.5 Å². The monoisotopic (exact) mass is 358 g/mol. The van der Waals surface area contributed by atoms with Crippen LogP contribution in [0.3, 0.4) is 0 Å². The smallest absolute Gasteiger partial charge is 0.141 e. The van der Waals surface area contributed by atoms with Crippen LogP contribution in [-0.4, -0.2) is 11.7 Å². The molecule has 0 aliphatic carbocycles. The minimum absolute atomic E-state index is 0.00782. The maximum Gasteiger partial charge on any atom is 0.141 e. The van der Waals surface area contributed by atoms with E-state index in [4.69, 9.17) is 16.3 Å². The van der Waals surface area contributed by atoms with Crippen molar-refractivity contribution in [3.05, 3.63) is 62.8 Å². The lowest BCUT2D eigenvalue weighted by molar-refractivity contribution is 0.220. The summed E-state index contributed by atoms with van der Waals surface area (Å²) in [6.07, 6.45) is -0.875. The molecule has 5 heteroatoms. The van der Waals surface area contributed by atoms with Gasteiger partial charge in [0, 0.05) is 0 Å². The fraction of sp³-hybridized carbons (Fsp3) is 0.200. The Hall–Kier alpha value is -1.10. The minimum atomic E-state index is -0.875. The van der Waals surface area contributed by atoms with Crippen molar-refractivity contribution in [3.63, 3.8) is 0 Å². The molecule has 0 spiro atoms. The Kier molecular flexibility index (Phi) is 5.02. The summed E-state index contributed by atoms with van der Waals surface area (Å²) in [6.45, 7) is 2.46. The average molecular weight is 360 g/mol. The number of halogens is 3. The molecule has 0 fully saturated rings. The predicted molar refractivity (Wildman–Crippen MR) is 80.8 cm³/mol. The highest BCUT2D eigenvalue weighted by Gasteiger charge is 2.14. The summed E-state index contributed by atoms with van der Waals surface area (Å²) in [5.74, 6) is 0.205. The molecule has 0 amide bonds. The normalized spacial score (nSPS) is 12.2. The van der Waals surface area contributed by atoms with E-state index in [9.17, 15) is 9.50 Å². The minimum Gasteiger partial charge on any atom is -0.493 e. The van der Waals surface area contributed by atoms with Gasteiger partial charge in [0.2, 0.25) is 0 Å². The summed E-state index contributed by atoms with van der Waals surface area (Å²) in [4.78, 5) is 0. The van der Waals surface area contributed by atoms with E-state index < -0.39 is 11.9 Å². The van der Waals surface area contributed by atoms with Gasteiger partial charge in [0.15, 0.2) is 0 Å². The molecular weight excluding hydrogens is 347 g/mol. The van der Waals surface area contributed by atoms with Gasteiger partial charge < -0.3 is 9.84 Å². The van der Waals surface area contributed by atoms with Crippen LogP contribution in [0.5, 0.6) is 5.75 Å². The van der Waals surface area contributed by atoms with E-state index in [1.54, 1.807) is 18.2 Å². The van der Waals surface area contributed by atoms with Crippen molar-refractivity contribution in [2.45, 2.75) is 13.0 Å². The van der Waals surface area contributed by atoms with Crippen LogP contribution >= 0.6 is 27.5 Å². The number of aliphatic hydroxyl groups excluding tert-OH is 1. The molecule has 20 heavy (non-hydrogen) atoms. The summed E-state index contributed by atoms with van der Waals surface area (Å²) in [5, 5.41) is 10.3. The van der Waals surface area contributed by atoms with Crippen molar-refractivity contribution in [2.75, 3.05) is 6.61 Å². The molecular formula is C15H13BrClFO2. The second-order valence-electron chi connectivity index (χ2n) is 4.20. The Morgan fingerprint density at radius 2 is 1.90 bits per heavy atom. The highest BCUT2D eigenvalue weighted by molar-refractivity contribution is 9.10. The van der Waals surface area contributed by atoms with E-state index >= 15 is 0 Å². The van der Waals surface area contributed by atoms with Crippen LogP contribution in [0.15, 0.2) is 40.9 Å². The van der Waals surface area contributed by atoms with Crippen molar-refractivity contribution in [1.82, 2.24) is 0 Å². The van der Waals surface area contributed by atoms with Crippen LogP contribution in [0.25, 0.3) is 0 Å². The van der Waals surface area contributed by atoms with Gasteiger partial charge in [-0.1, -0.05) is 23.7 Å². The molecule has 1 unspecified atom stereocenters. The number of hydrogen-bond acceptors (Lipinski definition) is 2. The number of hydrogen-bond donors (Lipinski definition) is 1. The molecule has 0 heterocycles. The zero-order valence-electron chi connectivity index (χ0n) is 10.7. The first kappa shape index (κ1) is 15.3. The predicted octanol–water partition coefficient (Wildman–Crippen LogP) is 4.72. The summed E-state index contributed by atoms with van der Waals surface area (Å²) >= 11 is 9.12. The Bertz CT molecular complexity index is 619. The summed E-state index contributed by atoms with van der Waals surface area (Å²) in [6, 6.07) is 9.48. The zero-order chi connectivity index (χ0) is 14.7. The fourth-order valence-corrected chi connectivity index (χ4v) is 2.53. The first-order valence-electron chi connectivity index (χ1n) is 6.08. The largest absolute Gasteiger partial charge is 0.493 e. The van der Waals surface area contributed by atoms with Gasteiger partial charge in [0.05, 0.1) is 16.1 Å². The maximum absolute atomic E-state index is 13.1. The second kappa shape index (κ2) is 6.57. The van der Waals surface area contributed by atoms with E-state index in [1.807, 2.05) is 6.92 Å². The molecule has 0 aromatic heterocycles. The molecule has 1 atom stereocenters. The van der Waals surface area contributed by atoms with Crippen molar-refractivity contribution in [1.29, 1.82) is 0 Å². The first-order valence-corrected chi connectivity index (χ1v) is 7.25. The lowest BCUT2D eigenvalue weighted by Gasteiger charge is -2.14. The highest BCUT2D eigenvalue weighted by atomic mass is 79.9. The van der Waals surface area contributed by atoms with Crippen LogP contribution in [0, 0.1) is 5.82 Å².